The minimum atomic E-state index is -3.25. The Morgan fingerprint density at radius 3 is 2.65 bits per heavy atom. The summed E-state index contributed by atoms with van der Waals surface area (Å²) in [6.07, 6.45) is 1.11. The number of nitrogens with one attached hydrogen (secondary N) is 2. The van der Waals surface area contributed by atoms with Crippen molar-refractivity contribution in [1.82, 2.24) is 5.48 Å². The van der Waals surface area contributed by atoms with E-state index in [0.717, 1.165) is 12.8 Å². The summed E-state index contributed by atoms with van der Waals surface area (Å²) in [5.41, 5.74) is 3.30. The first-order valence-electron chi connectivity index (χ1n) is 5.34. The number of benzene rings is 1. The second-order valence-electron chi connectivity index (χ2n) is 4.25. The van der Waals surface area contributed by atoms with E-state index in [1.807, 2.05) is 0 Å². The predicted molar refractivity (Wildman–Crippen MR) is 68.4 cm³/mol. The van der Waals surface area contributed by atoms with Crippen LogP contribution in [0.1, 0.15) is 13.8 Å². The van der Waals surface area contributed by atoms with Crippen molar-refractivity contribution in [2.45, 2.75) is 13.8 Å². The van der Waals surface area contributed by atoms with Crippen LogP contribution < -0.4 is 15.0 Å². The molecular weight excluding hydrogens is 240 g/mol. The van der Waals surface area contributed by atoms with Crippen molar-refractivity contribution in [3.8, 4) is 5.75 Å². The Morgan fingerprint density at radius 2 is 2.06 bits per heavy atom. The summed E-state index contributed by atoms with van der Waals surface area (Å²) in [6.45, 7) is 4.86. The average molecular weight is 258 g/mol. The van der Waals surface area contributed by atoms with Crippen molar-refractivity contribution in [1.29, 1.82) is 0 Å². The van der Waals surface area contributed by atoms with Crippen LogP contribution in [0.3, 0.4) is 0 Å². The van der Waals surface area contributed by atoms with Crippen LogP contribution >= 0.6 is 0 Å². The molecule has 17 heavy (non-hydrogen) atoms. The van der Waals surface area contributed by atoms with E-state index in [-0.39, 0.29) is 0 Å². The molecule has 0 unspecified atom stereocenters. The third-order valence-electron chi connectivity index (χ3n) is 1.82. The summed E-state index contributed by atoms with van der Waals surface area (Å²) in [6, 6.07) is 6.76. The van der Waals surface area contributed by atoms with Gasteiger partial charge in [-0.25, -0.2) is 8.42 Å². The highest BCUT2D eigenvalue weighted by Crippen LogP contribution is 2.17. The summed E-state index contributed by atoms with van der Waals surface area (Å²) < 4.78 is 24.5. The second kappa shape index (κ2) is 5.88. The van der Waals surface area contributed by atoms with Crippen LogP contribution in [0.25, 0.3) is 0 Å². The first-order chi connectivity index (χ1) is 7.87. The van der Waals surface area contributed by atoms with E-state index in [0.29, 0.717) is 17.4 Å². The fraction of sp³-hybridized carbons (Fsp3) is 0.455. The molecule has 0 saturated heterocycles. The Hall–Kier alpha value is -1.27. The number of anilines is 1. The van der Waals surface area contributed by atoms with Gasteiger partial charge in [0.25, 0.3) is 0 Å². The van der Waals surface area contributed by atoms with Gasteiger partial charge in [0.2, 0.25) is 10.0 Å². The van der Waals surface area contributed by atoms with Crippen LogP contribution in [-0.2, 0) is 10.0 Å². The first-order valence-corrected chi connectivity index (χ1v) is 7.23. The molecule has 2 N–H and O–H groups in total. The summed E-state index contributed by atoms with van der Waals surface area (Å²) >= 11 is 0. The van der Waals surface area contributed by atoms with Crippen LogP contribution in [0, 0.1) is 5.92 Å². The van der Waals surface area contributed by atoms with Gasteiger partial charge in [0.05, 0.1) is 11.9 Å². The van der Waals surface area contributed by atoms with Gasteiger partial charge in [-0.1, -0.05) is 19.9 Å². The SMILES string of the molecule is CC(C)CNOc1cccc(NS(C)(=O)=O)c1. The molecule has 0 aliphatic carbocycles. The Morgan fingerprint density at radius 1 is 1.35 bits per heavy atom. The summed E-state index contributed by atoms with van der Waals surface area (Å²) in [7, 11) is -3.25. The zero-order chi connectivity index (χ0) is 12.9. The van der Waals surface area contributed by atoms with Crippen LogP contribution in [0.2, 0.25) is 0 Å². The van der Waals surface area contributed by atoms with Gasteiger partial charge in [0.1, 0.15) is 5.75 Å². The monoisotopic (exact) mass is 258 g/mol. The molecule has 0 saturated carbocycles. The average Bonchev–Trinajstić information content (AvgIpc) is 2.14. The Labute approximate surface area is 102 Å². The molecule has 0 bridgehead atoms. The van der Waals surface area contributed by atoms with Gasteiger partial charge in [-0.2, -0.15) is 5.48 Å². The molecule has 0 amide bonds. The van der Waals surface area contributed by atoms with E-state index in [9.17, 15) is 8.42 Å². The van der Waals surface area contributed by atoms with Crippen molar-refractivity contribution in [3.05, 3.63) is 24.3 Å². The van der Waals surface area contributed by atoms with Gasteiger partial charge in [0, 0.05) is 12.6 Å². The third kappa shape index (κ3) is 6.13. The summed E-state index contributed by atoms with van der Waals surface area (Å²) in [5, 5.41) is 0. The zero-order valence-electron chi connectivity index (χ0n) is 10.2. The molecule has 1 aromatic rings. The van der Waals surface area contributed by atoms with E-state index in [1.54, 1.807) is 24.3 Å². The quantitative estimate of drug-likeness (QED) is 0.761. The van der Waals surface area contributed by atoms with Crippen molar-refractivity contribution in [3.63, 3.8) is 0 Å². The molecule has 0 fully saturated rings. The van der Waals surface area contributed by atoms with E-state index in [4.69, 9.17) is 4.84 Å². The van der Waals surface area contributed by atoms with E-state index < -0.39 is 10.0 Å². The van der Waals surface area contributed by atoms with E-state index >= 15 is 0 Å². The highest BCUT2D eigenvalue weighted by atomic mass is 32.2. The lowest BCUT2D eigenvalue weighted by Crippen LogP contribution is -2.23. The minimum absolute atomic E-state index is 0.479. The predicted octanol–water partition coefficient (Wildman–Crippen LogP) is 1.60. The second-order valence-corrected chi connectivity index (χ2v) is 5.99. The van der Waals surface area contributed by atoms with Crippen LogP contribution in [-0.4, -0.2) is 21.2 Å². The fourth-order valence-corrected chi connectivity index (χ4v) is 1.68. The number of sulfonamides is 1. The van der Waals surface area contributed by atoms with E-state index in [2.05, 4.69) is 24.0 Å². The van der Waals surface area contributed by atoms with Crippen LogP contribution in [0.15, 0.2) is 24.3 Å². The van der Waals surface area contributed by atoms with Gasteiger partial charge < -0.3 is 4.84 Å². The summed E-state index contributed by atoms with van der Waals surface area (Å²) in [5.74, 6) is 1.05. The lowest BCUT2D eigenvalue weighted by atomic mass is 10.2. The Kier molecular flexibility index (Phi) is 4.77. The molecule has 0 aromatic heterocycles. The van der Waals surface area contributed by atoms with Crippen molar-refractivity contribution >= 4 is 15.7 Å². The highest BCUT2D eigenvalue weighted by molar-refractivity contribution is 7.92. The van der Waals surface area contributed by atoms with Crippen molar-refractivity contribution < 1.29 is 13.3 Å². The maximum absolute atomic E-state index is 11.0. The number of hydrogen-bond donors (Lipinski definition) is 2. The molecule has 1 rings (SSSR count). The molecule has 0 atom stereocenters. The number of rotatable bonds is 6. The lowest BCUT2D eigenvalue weighted by molar-refractivity contribution is 0.183. The Balaban J connectivity index is 2.60. The van der Waals surface area contributed by atoms with Crippen LogP contribution in [0.5, 0.6) is 5.75 Å². The van der Waals surface area contributed by atoms with Crippen molar-refractivity contribution in [2.24, 2.45) is 5.92 Å². The number of hydroxylamine groups is 1. The third-order valence-corrected chi connectivity index (χ3v) is 2.43. The first kappa shape index (κ1) is 13.8. The molecule has 5 nitrogen and oxygen atoms in total. The minimum Gasteiger partial charge on any atom is -0.409 e. The van der Waals surface area contributed by atoms with Gasteiger partial charge in [0.15, 0.2) is 0 Å². The smallest absolute Gasteiger partial charge is 0.229 e. The molecule has 1 aromatic carbocycles. The molecule has 0 radical (unpaired) electrons. The molecule has 0 aliphatic heterocycles. The van der Waals surface area contributed by atoms with E-state index in [1.165, 1.54) is 0 Å². The topological polar surface area (TPSA) is 67.4 Å². The standard InChI is InChI=1S/C11H18N2O3S/c1-9(2)8-12-16-11-6-4-5-10(7-11)13-17(3,14)15/h4-7,9,12-13H,8H2,1-3H3. The molecule has 6 heteroatoms. The van der Waals surface area contributed by atoms with Crippen molar-refractivity contribution in [2.75, 3.05) is 17.5 Å². The van der Waals surface area contributed by atoms with Crippen LogP contribution in [0.4, 0.5) is 5.69 Å². The van der Waals surface area contributed by atoms with Gasteiger partial charge in [-0.05, 0) is 18.1 Å². The summed E-state index contributed by atoms with van der Waals surface area (Å²) in [4.78, 5) is 5.29. The normalized spacial score (nSPS) is 11.5. The molecule has 96 valence electrons. The molecule has 0 spiro atoms. The zero-order valence-corrected chi connectivity index (χ0v) is 11.0. The Bertz CT molecular complexity index is 458. The maximum Gasteiger partial charge on any atom is 0.229 e. The molecule has 0 aliphatic rings. The highest BCUT2D eigenvalue weighted by Gasteiger charge is 2.03. The largest absolute Gasteiger partial charge is 0.409 e. The van der Waals surface area contributed by atoms with Gasteiger partial charge >= 0.3 is 0 Å². The maximum atomic E-state index is 11.0. The molecule has 0 heterocycles. The van der Waals surface area contributed by atoms with Gasteiger partial charge in [-0.3, -0.25) is 4.72 Å². The lowest BCUT2D eigenvalue weighted by Gasteiger charge is -2.10. The number of hydrogen-bond acceptors (Lipinski definition) is 4. The van der Waals surface area contributed by atoms with Gasteiger partial charge in [-0.15, -0.1) is 0 Å². The molecular formula is C11H18N2O3S. The fourth-order valence-electron chi connectivity index (χ4n) is 1.13.